The summed E-state index contributed by atoms with van der Waals surface area (Å²) in [4.78, 5) is 18.8. The van der Waals surface area contributed by atoms with Gasteiger partial charge in [-0.3, -0.25) is 4.79 Å². The maximum atomic E-state index is 12.8. The maximum Gasteiger partial charge on any atom is 0.279 e. The number of benzene rings is 2. The number of aromatic nitrogens is 1. The van der Waals surface area contributed by atoms with Crippen molar-refractivity contribution in [1.82, 2.24) is 4.57 Å². The first-order valence-electron chi connectivity index (χ1n) is 8.77. The predicted molar refractivity (Wildman–Crippen MR) is 112 cm³/mol. The average Bonchev–Trinajstić information content (AvgIpc) is 3.24. The van der Waals surface area contributed by atoms with E-state index in [1.165, 1.54) is 11.3 Å². The summed E-state index contributed by atoms with van der Waals surface area (Å²) in [5.74, 6) is 3.71. The Morgan fingerprint density at radius 1 is 1.32 bits per heavy atom. The lowest BCUT2D eigenvalue weighted by molar-refractivity contribution is 0.0997. The molecule has 7 heteroatoms. The van der Waals surface area contributed by atoms with Crippen molar-refractivity contribution in [2.75, 3.05) is 6.79 Å². The zero-order valence-corrected chi connectivity index (χ0v) is 17.1. The molecule has 0 fully saturated rings. The molecule has 4 rings (SSSR count). The summed E-state index contributed by atoms with van der Waals surface area (Å²) in [5.41, 5.74) is 1.44. The first kappa shape index (κ1) is 18.7. The van der Waals surface area contributed by atoms with Gasteiger partial charge in [0.15, 0.2) is 16.3 Å². The molecule has 0 unspecified atom stereocenters. The Bertz CT molecular complexity index is 1170. The van der Waals surface area contributed by atoms with Crippen LogP contribution in [0.5, 0.6) is 11.5 Å². The normalized spacial score (nSPS) is 13.3. The van der Waals surface area contributed by atoms with E-state index in [4.69, 9.17) is 15.9 Å². The number of terminal acetylenes is 1. The Morgan fingerprint density at radius 3 is 2.86 bits per heavy atom. The quantitative estimate of drug-likeness (QED) is 0.475. The number of hydrogen-bond donors (Lipinski definition) is 0. The Labute approximate surface area is 171 Å². The summed E-state index contributed by atoms with van der Waals surface area (Å²) in [7, 11) is 0. The SMILES string of the molecule is C#CCn1c(=NC(=O)c2cccc(SC(C)C)c2)sc2cc3c(cc21)OCO3. The van der Waals surface area contributed by atoms with E-state index in [1.807, 2.05) is 34.9 Å². The summed E-state index contributed by atoms with van der Waals surface area (Å²) >= 11 is 3.12. The van der Waals surface area contributed by atoms with Crippen LogP contribution in [-0.2, 0) is 6.54 Å². The second-order valence-corrected chi connectivity index (χ2v) is 9.12. The van der Waals surface area contributed by atoms with Gasteiger partial charge >= 0.3 is 0 Å². The number of amides is 1. The van der Waals surface area contributed by atoms with Crippen molar-refractivity contribution in [2.45, 2.75) is 30.5 Å². The second-order valence-electron chi connectivity index (χ2n) is 6.46. The molecule has 0 atom stereocenters. The molecule has 0 N–H and O–H groups in total. The van der Waals surface area contributed by atoms with Crippen LogP contribution in [0.2, 0.25) is 0 Å². The van der Waals surface area contributed by atoms with Crippen LogP contribution >= 0.6 is 23.1 Å². The van der Waals surface area contributed by atoms with Crippen LogP contribution in [0.3, 0.4) is 0 Å². The molecular weight excluding hydrogens is 392 g/mol. The molecule has 28 heavy (non-hydrogen) atoms. The van der Waals surface area contributed by atoms with Crippen molar-refractivity contribution in [3.05, 3.63) is 46.8 Å². The minimum Gasteiger partial charge on any atom is -0.454 e. The zero-order valence-electron chi connectivity index (χ0n) is 15.5. The Morgan fingerprint density at radius 2 is 2.11 bits per heavy atom. The number of thiazole rings is 1. The minimum absolute atomic E-state index is 0.211. The molecule has 0 saturated carbocycles. The number of thioether (sulfide) groups is 1. The topological polar surface area (TPSA) is 52.8 Å². The average molecular weight is 411 g/mol. The summed E-state index contributed by atoms with van der Waals surface area (Å²) in [6.07, 6.45) is 5.55. The largest absolute Gasteiger partial charge is 0.454 e. The van der Waals surface area contributed by atoms with Gasteiger partial charge in [0.25, 0.3) is 5.91 Å². The Balaban J connectivity index is 1.77. The number of ether oxygens (including phenoxy) is 2. The van der Waals surface area contributed by atoms with Gasteiger partial charge in [0.2, 0.25) is 6.79 Å². The summed E-state index contributed by atoms with van der Waals surface area (Å²) in [6.45, 7) is 4.76. The monoisotopic (exact) mass is 410 g/mol. The van der Waals surface area contributed by atoms with Gasteiger partial charge in [-0.1, -0.05) is 37.2 Å². The van der Waals surface area contributed by atoms with E-state index in [-0.39, 0.29) is 12.7 Å². The molecule has 0 saturated heterocycles. The van der Waals surface area contributed by atoms with E-state index in [0.717, 1.165) is 15.1 Å². The van der Waals surface area contributed by atoms with Crippen molar-refractivity contribution in [2.24, 2.45) is 4.99 Å². The second kappa shape index (κ2) is 7.74. The third-order valence-electron chi connectivity index (χ3n) is 4.08. The Kier molecular flexibility index (Phi) is 5.16. The van der Waals surface area contributed by atoms with E-state index in [9.17, 15) is 4.79 Å². The number of rotatable bonds is 4. The van der Waals surface area contributed by atoms with Crippen molar-refractivity contribution in [3.8, 4) is 23.8 Å². The predicted octanol–water partition coefficient (Wildman–Crippen LogP) is 4.31. The molecule has 0 bridgehead atoms. The third kappa shape index (κ3) is 3.66. The van der Waals surface area contributed by atoms with Crippen molar-refractivity contribution < 1.29 is 14.3 Å². The summed E-state index contributed by atoms with van der Waals surface area (Å²) in [5, 5.41) is 0.439. The molecule has 1 aromatic heterocycles. The number of carbonyl (C=O) groups excluding carboxylic acids is 1. The van der Waals surface area contributed by atoms with E-state index in [2.05, 4.69) is 24.8 Å². The molecule has 1 aliphatic rings. The maximum absolute atomic E-state index is 12.8. The van der Waals surface area contributed by atoms with Crippen molar-refractivity contribution >= 4 is 39.2 Å². The highest BCUT2D eigenvalue weighted by molar-refractivity contribution is 7.99. The smallest absolute Gasteiger partial charge is 0.279 e. The lowest BCUT2D eigenvalue weighted by atomic mass is 10.2. The highest BCUT2D eigenvalue weighted by Crippen LogP contribution is 2.37. The lowest BCUT2D eigenvalue weighted by Gasteiger charge is -2.05. The van der Waals surface area contributed by atoms with Crippen LogP contribution in [-0.4, -0.2) is 22.5 Å². The molecule has 5 nitrogen and oxygen atoms in total. The van der Waals surface area contributed by atoms with Crippen molar-refractivity contribution in [3.63, 3.8) is 0 Å². The molecular formula is C21H18N2O3S2. The van der Waals surface area contributed by atoms with E-state index in [0.29, 0.717) is 33.7 Å². The van der Waals surface area contributed by atoms with Crippen LogP contribution in [0.15, 0.2) is 46.3 Å². The summed E-state index contributed by atoms with van der Waals surface area (Å²) in [6, 6.07) is 11.3. The van der Waals surface area contributed by atoms with E-state index in [1.54, 1.807) is 17.8 Å². The number of fused-ring (bicyclic) bond motifs is 2. The minimum atomic E-state index is -0.288. The molecule has 2 aromatic carbocycles. The van der Waals surface area contributed by atoms with E-state index < -0.39 is 0 Å². The van der Waals surface area contributed by atoms with Gasteiger partial charge in [-0.2, -0.15) is 4.99 Å². The number of hydrogen-bond acceptors (Lipinski definition) is 5. The fourth-order valence-corrected chi connectivity index (χ4v) is 4.85. The van der Waals surface area contributed by atoms with Gasteiger partial charge in [0.05, 0.1) is 16.8 Å². The molecule has 1 amide bonds. The van der Waals surface area contributed by atoms with Gasteiger partial charge in [0, 0.05) is 27.8 Å². The van der Waals surface area contributed by atoms with Gasteiger partial charge in [-0.05, 0) is 18.2 Å². The van der Waals surface area contributed by atoms with Gasteiger partial charge in [-0.25, -0.2) is 0 Å². The molecule has 2 heterocycles. The lowest BCUT2D eigenvalue weighted by Crippen LogP contribution is -2.16. The number of carbonyl (C=O) groups is 1. The standard InChI is InChI=1S/C21H18N2O3S2/c1-4-8-23-16-10-17-18(26-12-25-17)11-19(16)28-21(23)22-20(24)14-6-5-7-15(9-14)27-13(2)3/h1,5-7,9-11,13H,8,12H2,2-3H3. The third-order valence-corrected chi connectivity index (χ3v) is 6.12. The Hall–Kier alpha value is -2.69. The molecule has 142 valence electrons. The van der Waals surface area contributed by atoms with Crippen LogP contribution in [0.1, 0.15) is 24.2 Å². The van der Waals surface area contributed by atoms with Crippen LogP contribution in [0.4, 0.5) is 0 Å². The number of nitrogens with zero attached hydrogens (tertiary/aromatic N) is 2. The van der Waals surface area contributed by atoms with Crippen LogP contribution in [0.25, 0.3) is 10.2 Å². The zero-order chi connectivity index (χ0) is 19.7. The van der Waals surface area contributed by atoms with Crippen LogP contribution in [0, 0.1) is 12.3 Å². The fraction of sp³-hybridized carbons (Fsp3) is 0.238. The van der Waals surface area contributed by atoms with Gasteiger partial charge < -0.3 is 14.0 Å². The molecule has 0 spiro atoms. The molecule has 0 aliphatic carbocycles. The highest BCUT2D eigenvalue weighted by Gasteiger charge is 2.18. The highest BCUT2D eigenvalue weighted by atomic mass is 32.2. The first-order valence-corrected chi connectivity index (χ1v) is 10.5. The van der Waals surface area contributed by atoms with E-state index >= 15 is 0 Å². The van der Waals surface area contributed by atoms with Gasteiger partial charge in [-0.15, -0.1) is 18.2 Å². The van der Waals surface area contributed by atoms with Gasteiger partial charge in [0.1, 0.15) is 0 Å². The van der Waals surface area contributed by atoms with Crippen LogP contribution < -0.4 is 14.3 Å². The fourth-order valence-electron chi connectivity index (χ4n) is 2.92. The van der Waals surface area contributed by atoms with Crippen molar-refractivity contribution in [1.29, 1.82) is 0 Å². The molecule has 0 radical (unpaired) electrons. The summed E-state index contributed by atoms with van der Waals surface area (Å²) < 4.78 is 13.7. The molecule has 3 aromatic rings. The molecule has 1 aliphatic heterocycles. The first-order chi connectivity index (χ1) is 13.5.